The Bertz CT molecular complexity index is 1110. The van der Waals surface area contributed by atoms with E-state index in [0.717, 1.165) is 14.7 Å². The van der Waals surface area contributed by atoms with Crippen molar-refractivity contribution in [3.8, 4) is 11.5 Å². The molecule has 1 aliphatic heterocycles. The predicted molar refractivity (Wildman–Crippen MR) is 123 cm³/mol. The molecule has 2 heterocycles. The maximum absolute atomic E-state index is 12.1. The molecule has 0 saturated heterocycles. The lowest BCUT2D eigenvalue weighted by atomic mass is 10.0. The van der Waals surface area contributed by atoms with E-state index < -0.39 is 0 Å². The number of nitrogens with one attached hydrogen (secondary N) is 1. The van der Waals surface area contributed by atoms with Crippen molar-refractivity contribution >= 4 is 57.6 Å². The molecule has 0 fully saturated rings. The zero-order valence-corrected chi connectivity index (χ0v) is 19.5. The molecule has 4 rings (SSSR count). The number of carbonyl (C=O) groups excluding carboxylic acids is 1. The van der Waals surface area contributed by atoms with E-state index in [0.29, 0.717) is 40.7 Å². The van der Waals surface area contributed by atoms with Gasteiger partial charge in [-0.05, 0) is 64.9 Å². The van der Waals surface area contributed by atoms with Crippen molar-refractivity contribution in [1.29, 1.82) is 0 Å². The molecule has 30 heavy (non-hydrogen) atoms. The molecular formula is C20H17Cl2IN4O3. The molecule has 2 aromatic carbocycles. The molecule has 0 bridgehead atoms. The van der Waals surface area contributed by atoms with Gasteiger partial charge in [-0.15, -0.1) is 0 Å². The van der Waals surface area contributed by atoms with Gasteiger partial charge in [-0.2, -0.15) is 10.1 Å². The SMILES string of the molecule is CCOc1cc([C@H]2CC(=O)Nc3ncnn32)cc(I)c1OCc1ccc(Cl)c(Cl)c1. The quantitative estimate of drug-likeness (QED) is 0.426. The summed E-state index contributed by atoms with van der Waals surface area (Å²) in [5.41, 5.74) is 1.79. The van der Waals surface area contributed by atoms with Crippen molar-refractivity contribution in [1.82, 2.24) is 14.8 Å². The average Bonchev–Trinajstić information content (AvgIpc) is 3.17. The molecule has 0 radical (unpaired) electrons. The zero-order chi connectivity index (χ0) is 21.3. The molecule has 0 spiro atoms. The maximum atomic E-state index is 12.1. The first kappa shape index (κ1) is 21.2. The van der Waals surface area contributed by atoms with Gasteiger partial charge in [0.2, 0.25) is 11.9 Å². The summed E-state index contributed by atoms with van der Waals surface area (Å²) in [6, 6.07) is 8.98. The molecule has 1 N–H and O–H groups in total. The Morgan fingerprint density at radius 3 is 2.83 bits per heavy atom. The van der Waals surface area contributed by atoms with Crippen LogP contribution in [0.1, 0.15) is 30.5 Å². The van der Waals surface area contributed by atoms with E-state index >= 15 is 0 Å². The van der Waals surface area contributed by atoms with E-state index in [2.05, 4.69) is 38.0 Å². The lowest BCUT2D eigenvalue weighted by Crippen LogP contribution is -2.29. The first-order valence-electron chi connectivity index (χ1n) is 9.18. The summed E-state index contributed by atoms with van der Waals surface area (Å²) in [7, 11) is 0. The number of hydrogen-bond acceptors (Lipinski definition) is 5. The second-order valence-electron chi connectivity index (χ2n) is 6.60. The van der Waals surface area contributed by atoms with Crippen molar-refractivity contribution in [3.05, 3.63) is 61.4 Å². The summed E-state index contributed by atoms with van der Waals surface area (Å²) in [6.07, 6.45) is 1.69. The maximum Gasteiger partial charge on any atom is 0.229 e. The van der Waals surface area contributed by atoms with Crippen molar-refractivity contribution in [2.45, 2.75) is 26.0 Å². The molecule has 1 amide bonds. The fourth-order valence-electron chi connectivity index (χ4n) is 3.23. The zero-order valence-electron chi connectivity index (χ0n) is 15.9. The Morgan fingerprint density at radius 1 is 1.23 bits per heavy atom. The Morgan fingerprint density at radius 2 is 2.07 bits per heavy atom. The van der Waals surface area contributed by atoms with Crippen LogP contribution in [0, 0.1) is 3.57 Å². The number of fused-ring (bicyclic) bond motifs is 1. The van der Waals surface area contributed by atoms with Gasteiger partial charge >= 0.3 is 0 Å². The molecule has 0 aliphatic carbocycles. The third-order valence-corrected chi connectivity index (χ3v) is 6.12. The third kappa shape index (κ3) is 4.35. The van der Waals surface area contributed by atoms with Crippen LogP contribution in [0.2, 0.25) is 10.0 Å². The molecular weight excluding hydrogens is 542 g/mol. The minimum atomic E-state index is -0.270. The highest BCUT2D eigenvalue weighted by Crippen LogP contribution is 2.39. The fraction of sp³-hybridized carbons (Fsp3) is 0.250. The number of anilines is 1. The van der Waals surface area contributed by atoms with Gasteiger partial charge in [0, 0.05) is 0 Å². The second kappa shape index (κ2) is 8.99. The molecule has 156 valence electrons. The van der Waals surface area contributed by atoms with E-state index in [1.54, 1.807) is 16.8 Å². The van der Waals surface area contributed by atoms with Crippen LogP contribution in [0.3, 0.4) is 0 Å². The highest BCUT2D eigenvalue weighted by atomic mass is 127. The molecule has 1 atom stereocenters. The van der Waals surface area contributed by atoms with E-state index in [1.165, 1.54) is 6.33 Å². The molecule has 3 aromatic rings. The van der Waals surface area contributed by atoms with Crippen LogP contribution in [-0.2, 0) is 11.4 Å². The van der Waals surface area contributed by atoms with Gasteiger partial charge in [-0.25, -0.2) is 4.68 Å². The number of benzene rings is 2. The molecule has 0 unspecified atom stereocenters. The van der Waals surface area contributed by atoms with Gasteiger partial charge in [0.25, 0.3) is 0 Å². The Hall–Kier alpha value is -2.04. The highest BCUT2D eigenvalue weighted by Gasteiger charge is 2.29. The number of rotatable bonds is 6. The number of carbonyl (C=O) groups is 1. The summed E-state index contributed by atoms with van der Waals surface area (Å²) in [5.74, 6) is 1.57. The molecule has 10 heteroatoms. The number of amides is 1. The average molecular weight is 559 g/mol. The van der Waals surface area contributed by atoms with Crippen LogP contribution in [0.15, 0.2) is 36.7 Å². The third-order valence-electron chi connectivity index (χ3n) is 4.58. The van der Waals surface area contributed by atoms with Crippen molar-refractivity contribution < 1.29 is 14.3 Å². The second-order valence-corrected chi connectivity index (χ2v) is 8.57. The largest absolute Gasteiger partial charge is 0.490 e. The Labute approximate surface area is 196 Å². The number of ether oxygens (including phenoxy) is 2. The van der Waals surface area contributed by atoms with Crippen LogP contribution in [0.25, 0.3) is 0 Å². The van der Waals surface area contributed by atoms with Crippen molar-refractivity contribution in [3.63, 3.8) is 0 Å². The van der Waals surface area contributed by atoms with Gasteiger partial charge in [0.05, 0.1) is 32.7 Å². The Kier molecular flexibility index (Phi) is 6.35. The standard InChI is InChI=1S/C20H17Cl2IN4O3/c1-2-29-17-7-12(16-8-18(28)26-20-24-10-25-27(16)20)6-15(23)19(17)30-9-11-3-4-13(21)14(22)5-11/h3-7,10,16H,2,8-9H2,1H3,(H,24,25,26,28)/t16-/m1/s1. The molecule has 1 aromatic heterocycles. The van der Waals surface area contributed by atoms with E-state index in [9.17, 15) is 4.79 Å². The molecule has 7 nitrogen and oxygen atoms in total. The van der Waals surface area contributed by atoms with Gasteiger partial charge in [-0.1, -0.05) is 29.3 Å². The predicted octanol–water partition coefficient (Wildman–Crippen LogP) is 5.10. The van der Waals surface area contributed by atoms with Gasteiger partial charge in [-0.3, -0.25) is 10.1 Å². The number of halogens is 3. The summed E-state index contributed by atoms with van der Waals surface area (Å²) < 4.78 is 14.5. The molecule has 0 saturated carbocycles. The summed E-state index contributed by atoms with van der Waals surface area (Å²) in [4.78, 5) is 16.2. The first-order chi connectivity index (χ1) is 14.5. The lowest BCUT2D eigenvalue weighted by Gasteiger charge is -2.25. The van der Waals surface area contributed by atoms with Crippen LogP contribution >= 0.6 is 45.8 Å². The summed E-state index contributed by atoms with van der Waals surface area (Å²) in [5, 5.41) is 7.96. The van der Waals surface area contributed by atoms with Crippen molar-refractivity contribution in [2.24, 2.45) is 0 Å². The van der Waals surface area contributed by atoms with Crippen LogP contribution in [-0.4, -0.2) is 27.3 Å². The van der Waals surface area contributed by atoms with Crippen LogP contribution in [0.4, 0.5) is 5.95 Å². The topological polar surface area (TPSA) is 78.3 Å². The van der Waals surface area contributed by atoms with Gasteiger partial charge < -0.3 is 9.47 Å². The van der Waals surface area contributed by atoms with E-state index in [-0.39, 0.29) is 18.4 Å². The van der Waals surface area contributed by atoms with Crippen molar-refractivity contribution in [2.75, 3.05) is 11.9 Å². The minimum Gasteiger partial charge on any atom is -0.490 e. The summed E-state index contributed by atoms with van der Waals surface area (Å²) >= 11 is 14.3. The van der Waals surface area contributed by atoms with Crippen LogP contribution < -0.4 is 14.8 Å². The fourth-order valence-corrected chi connectivity index (χ4v) is 4.33. The van der Waals surface area contributed by atoms with E-state index in [4.69, 9.17) is 32.7 Å². The minimum absolute atomic E-state index is 0.103. The molecule has 1 aliphatic rings. The normalized spacial score (nSPS) is 15.5. The van der Waals surface area contributed by atoms with Crippen LogP contribution in [0.5, 0.6) is 11.5 Å². The smallest absolute Gasteiger partial charge is 0.229 e. The summed E-state index contributed by atoms with van der Waals surface area (Å²) in [6.45, 7) is 2.69. The van der Waals surface area contributed by atoms with E-state index in [1.807, 2.05) is 25.1 Å². The number of aromatic nitrogens is 3. The monoisotopic (exact) mass is 558 g/mol. The van der Waals surface area contributed by atoms with Gasteiger partial charge in [0.15, 0.2) is 11.5 Å². The first-order valence-corrected chi connectivity index (χ1v) is 11.0. The van der Waals surface area contributed by atoms with Gasteiger partial charge in [0.1, 0.15) is 12.9 Å². The Balaban J connectivity index is 1.65. The highest BCUT2D eigenvalue weighted by molar-refractivity contribution is 14.1. The lowest BCUT2D eigenvalue weighted by molar-refractivity contribution is -0.117. The number of hydrogen-bond donors (Lipinski definition) is 1. The number of nitrogens with zero attached hydrogens (tertiary/aromatic N) is 3.